The van der Waals surface area contributed by atoms with Gasteiger partial charge in [0.05, 0.1) is 6.26 Å². The number of nitrogens with zero attached hydrogens (tertiary/aromatic N) is 1. The summed E-state index contributed by atoms with van der Waals surface area (Å²) in [5.74, 6) is 0. The van der Waals surface area contributed by atoms with Crippen molar-refractivity contribution in [2.75, 3.05) is 11.0 Å². The van der Waals surface area contributed by atoms with E-state index in [1.165, 1.54) is 0 Å². The van der Waals surface area contributed by atoms with Gasteiger partial charge in [-0.1, -0.05) is 12.1 Å². The first-order valence-electron chi connectivity index (χ1n) is 6.13. The molecule has 108 valence electrons. The monoisotopic (exact) mass is 413 g/mol. The Balaban J connectivity index is 2.05. The van der Waals surface area contributed by atoms with Gasteiger partial charge < -0.3 is 4.98 Å². The molecule has 0 saturated heterocycles. The zero-order chi connectivity index (χ0) is 15.0. The van der Waals surface area contributed by atoms with Crippen LogP contribution in [0.1, 0.15) is 0 Å². The van der Waals surface area contributed by atoms with Gasteiger partial charge in [-0.25, -0.2) is 13.4 Å². The first-order chi connectivity index (χ1) is 9.92. The number of rotatable bonds is 3. The summed E-state index contributed by atoms with van der Waals surface area (Å²) in [7, 11) is -3.28. The molecule has 0 aliphatic heterocycles. The Morgan fingerprint density at radius 1 is 1.24 bits per heavy atom. The summed E-state index contributed by atoms with van der Waals surface area (Å²) < 4.78 is 26.2. The third-order valence-electron chi connectivity index (χ3n) is 2.98. The smallest absolute Gasteiger partial charge is 0.229 e. The van der Waals surface area contributed by atoms with Crippen LogP contribution < -0.4 is 4.72 Å². The maximum atomic E-state index is 11.3. The molecule has 21 heavy (non-hydrogen) atoms. The standard InChI is InChI=1S/C14H12IN3O2S/c1-21(19,20)18-11-4-2-3-9(5-11)10-6-12-13(15)8-17-14(12)16-7-10/h2-8,18H,1H3,(H,16,17). The Labute approximate surface area is 136 Å². The molecule has 3 rings (SSSR count). The molecule has 0 atom stereocenters. The van der Waals surface area contributed by atoms with E-state index in [-0.39, 0.29) is 0 Å². The number of pyridine rings is 1. The number of hydrogen-bond donors (Lipinski definition) is 2. The minimum atomic E-state index is -3.28. The van der Waals surface area contributed by atoms with Gasteiger partial charge in [-0.3, -0.25) is 4.72 Å². The number of fused-ring (bicyclic) bond motifs is 1. The van der Waals surface area contributed by atoms with Crippen LogP contribution in [0.5, 0.6) is 0 Å². The molecule has 3 aromatic rings. The number of aromatic amines is 1. The minimum absolute atomic E-state index is 0.541. The lowest BCUT2D eigenvalue weighted by molar-refractivity contribution is 0.607. The highest BCUT2D eigenvalue weighted by Crippen LogP contribution is 2.27. The summed E-state index contributed by atoms with van der Waals surface area (Å²) in [6, 6.07) is 9.30. The van der Waals surface area contributed by atoms with Gasteiger partial charge >= 0.3 is 0 Å². The topological polar surface area (TPSA) is 74.8 Å². The van der Waals surface area contributed by atoms with E-state index >= 15 is 0 Å². The molecule has 0 fully saturated rings. The number of H-pyrrole nitrogens is 1. The Morgan fingerprint density at radius 3 is 2.81 bits per heavy atom. The lowest BCUT2D eigenvalue weighted by Crippen LogP contribution is -2.09. The largest absolute Gasteiger partial charge is 0.345 e. The maximum Gasteiger partial charge on any atom is 0.229 e. The molecular weight excluding hydrogens is 401 g/mol. The van der Waals surface area contributed by atoms with Crippen molar-refractivity contribution in [2.24, 2.45) is 0 Å². The molecule has 1 aromatic carbocycles. The van der Waals surface area contributed by atoms with Crippen molar-refractivity contribution in [3.63, 3.8) is 0 Å². The van der Waals surface area contributed by atoms with Gasteiger partial charge in [-0.05, 0) is 46.4 Å². The predicted octanol–water partition coefficient (Wildman–Crippen LogP) is 3.21. The van der Waals surface area contributed by atoms with E-state index in [0.29, 0.717) is 5.69 Å². The SMILES string of the molecule is CS(=O)(=O)Nc1cccc(-c2cnc3[nH]cc(I)c3c2)c1. The third kappa shape index (κ3) is 3.18. The van der Waals surface area contributed by atoms with Crippen LogP contribution in [0.25, 0.3) is 22.2 Å². The zero-order valence-corrected chi connectivity index (χ0v) is 14.1. The molecule has 0 amide bonds. The summed E-state index contributed by atoms with van der Waals surface area (Å²) in [4.78, 5) is 7.48. The third-order valence-corrected chi connectivity index (χ3v) is 4.48. The van der Waals surface area contributed by atoms with Crippen LogP contribution in [0.2, 0.25) is 0 Å². The van der Waals surface area contributed by atoms with Crippen molar-refractivity contribution in [3.05, 3.63) is 46.3 Å². The fourth-order valence-corrected chi connectivity index (χ4v) is 3.23. The van der Waals surface area contributed by atoms with E-state index in [9.17, 15) is 8.42 Å². The Kier molecular flexibility index (Phi) is 3.62. The Morgan fingerprint density at radius 2 is 2.05 bits per heavy atom. The predicted molar refractivity (Wildman–Crippen MR) is 92.7 cm³/mol. The molecule has 2 N–H and O–H groups in total. The number of sulfonamides is 1. The molecule has 0 radical (unpaired) electrons. The molecule has 0 saturated carbocycles. The van der Waals surface area contributed by atoms with Gasteiger partial charge in [0.1, 0.15) is 5.65 Å². The summed E-state index contributed by atoms with van der Waals surface area (Å²) in [6.07, 6.45) is 4.81. The summed E-state index contributed by atoms with van der Waals surface area (Å²) in [6.45, 7) is 0. The number of aromatic nitrogens is 2. The van der Waals surface area contributed by atoms with Gasteiger partial charge in [-0.15, -0.1) is 0 Å². The van der Waals surface area contributed by atoms with Crippen molar-refractivity contribution in [2.45, 2.75) is 0 Å². The average molecular weight is 413 g/mol. The second kappa shape index (κ2) is 5.30. The van der Waals surface area contributed by atoms with Gasteiger partial charge in [0.25, 0.3) is 0 Å². The number of halogens is 1. The maximum absolute atomic E-state index is 11.3. The van der Waals surface area contributed by atoms with E-state index in [1.807, 2.05) is 24.4 Å². The number of anilines is 1. The van der Waals surface area contributed by atoms with Crippen molar-refractivity contribution in [3.8, 4) is 11.1 Å². The second-order valence-corrected chi connectivity index (χ2v) is 7.62. The number of benzene rings is 1. The fourth-order valence-electron chi connectivity index (χ4n) is 2.11. The first-order valence-corrected chi connectivity index (χ1v) is 9.10. The number of nitrogens with one attached hydrogen (secondary N) is 2. The lowest BCUT2D eigenvalue weighted by atomic mass is 10.1. The summed E-state index contributed by atoms with van der Waals surface area (Å²) in [5, 5.41) is 1.05. The lowest BCUT2D eigenvalue weighted by Gasteiger charge is -2.07. The van der Waals surface area contributed by atoms with Gasteiger partial charge in [0.15, 0.2) is 0 Å². The first kappa shape index (κ1) is 14.3. The van der Waals surface area contributed by atoms with E-state index in [1.54, 1.807) is 18.3 Å². The Bertz CT molecular complexity index is 919. The van der Waals surface area contributed by atoms with Crippen LogP contribution in [-0.4, -0.2) is 24.6 Å². The van der Waals surface area contributed by atoms with Crippen LogP contribution in [0.3, 0.4) is 0 Å². The fraction of sp³-hybridized carbons (Fsp3) is 0.0714. The normalized spacial score (nSPS) is 11.7. The quantitative estimate of drug-likeness (QED) is 0.648. The van der Waals surface area contributed by atoms with Crippen LogP contribution in [0.15, 0.2) is 42.7 Å². The molecule has 0 aliphatic rings. The van der Waals surface area contributed by atoms with Gasteiger partial charge in [0.2, 0.25) is 10.0 Å². The molecule has 0 aliphatic carbocycles. The number of hydrogen-bond acceptors (Lipinski definition) is 3. The van der Waals surface area contributed by atoms with Crippen molar-refractivity contribution in [1.29, 1.82) is 0 Å². The van der Waals surface area contributed by atoms with Crippen LogP contribution in [-0.2, 0) is 10.0 Å². The molecule has 0 bridgehead atoms. The highest BCUT2D eigenvalue weighted by atomic mass is 127. The molecule has 0 spiro atoms. The summed E-state index contributed by atoms with van der Waals surface area (Å²) in [5.41, 5.74) is 3.24. The molecule has 2 heterocycles. The van der Waals surface area contributed by atoms with Crippen molar-refractivity contribution >= 4 is 49.3 Å². The van der Waals surface area contributed by atoms with Gasteiger partial charge in [0, 0.05) is 32.6 Å². The second-order valence-electron chi connectivity index (χ2n) is 4.71. The van der Waals surface area contributed by atoms with Crippen LogP contribution in [0.4, 0.5) is 5.69 Å². The molecule has 2 aromatic heterocycles. The highest BCUT2D eigenvalue weighted by Gasteiger charge is 2.07. The summed E-state index contributed by atoms with van der Waals surface area (Å²) >= 11 is 2.25. The molecular formula is C14H12IN3O2S. The van der Waals surface area contributed by atoms with Crippen molar-refractivity contribution in [1.82, 2.24) is 9.97 Å². The molecule has 5 nitrogen and oxygen atoms in total. The van der Waals surface area contributed by atoms with E-state index in [4.69, 9.17) is 0 Å². The molecule has 7 heteroatoms. The van der Waals surface area contributed by atoms with E-state index in [0.717, 1.165) is 32.0 Å². The van der Waals surface area contributed by atoms with E-state index in [2.05, 4.69) is 37.3 Å². The van der Waals surface area contributed by atoms with Crippen LogP contribution >= 0.6 is 22.6 Å². The van der Waals surface area contributed by atoms with Gasteiger partial charge in [-0.2, -0.15) is 0 Å². The van der Waals surface area contributed by atoms with E-state index < -0.39 is 10.0 Å². The van der Waals surface area contributed by atoms with Crippen LogP contribution in [0, 0.1) is 3.57 Å². The molecule has 0 unspecified atom stereocenters. The average Bonchev–Trinajstić information content (AvgIpc) is 2.78. The Hall–Kier alpha value is -1.61. The zero-order valence-electron chi connectivity index (χ0n) is 11.1. The van der Waals surface area contributed by atoms with Crippen molar-refractivity contribution < 1.29 is 8.42 Å². The highest BCUT2D eigenvalue weighted by molar-refractivity contribution is 14.1. The minimum Gasteiger partial charge on any atom is -0.345 e.